The largest absolute Gasteiger partial charge is 0.374 e. The van der Waals surface area contributed by atoms with Crippen molar-refractivity contribution in [2.75, 3.05) is 13.2 Å². The molecule has 1 rings (SSSR count). The smallest absolute Gasteiger partial charge is 0.252 e. The van der Waals surface area contributed by atoms with E-state index in [0.29, 0.717) is 18.7 Å². The Labute approximate surface area is 110 Å². The Morgan fingerprint density at radius 1 is 1.53 bits per heavy atom. The van der Waals surface area contributed by atoms with Gasteiger partial charge in [0, 0.05) is 30.0 Å². The van der Waals surface area contributed by atoms with Gasteiger partial charge in [0.2, 0.25) is 0 Å². The molecule has 94 valence electrons. The summed E-state index contributed by atoms with van der Waals surface area (Å²) >= 11 is 3.28. The number of ether oxygens (including phenoxy) is 1. The van der Waals surface area contributed by atoms with Gasteiger partial charge in [-0.15, -0.1) is 0 Å². The maximum Gasteiger partial charge on any atom is 0.252 e. The lowest BCUT2D eigenvalue weighted by Gasteiger charge is -2.24. The zero-order chi connectivity index (χ0) is 12.9. The quantitative estimate of drug-likeness (QED) is 0.908. The van der Waals surface area contributed by atoms with Crippen LogP contribution in [0.4, 0.5) is 0 Å². The summed E-state index contributed by atoms with van der Waals surface area (Å²) in [5.41, 5.74) is 0.177. The van der Waals surface area contributed by atoms with Crippen molar-refractivity contribution >= 4 is 21.8 Å². The van der Waals surface area contributed by atoms with Crippen molar-refractivity contribution in [2.45, 2.75) is 26.4 Å². The van der Waals surface area contributed by atoms with E-state index in [2.05, 4.69) is 26.2 Å². The fourth-order valence-electron chi connectivity index (χ4n) is 1.37. The summed E-state index contributed by atoms with van der Waals surface area (Å²) < 4.78 is 6.29. The van der Waals surface area contributed by atoms with E-state index in [0.717, 1.165) is 4.47 Å². The second-order valence-corrected chi connectivity index (χ2v) is 5.18. The number of aromatic nitrogens is 1. The van der Waals surface area contributed by atoms with Crippen molar-refractivity contribution in [3.05, 3.63) is 28.5 Å². The Bertz CT molecular complexity index is 394. The Morgan fingerprint density at radius 3 is 2.82 bits per heavy atom. The van der Waals surface area contributed by atoms with Gasteiger partial charge in [-0.05, 0) is 42.8 Å². The summed E-state index contributed by atoms with van der Waals surface area (Å²) in [6, 6.07) is 1.73. The highest BCUT2D eigenvalue weighted by atomic mass is 79.9. The number of carbonyl (C=O) groups is 1. The topological polar surface area (TPSA) is 51.2 Å². The molecule has 1 heterocycles. The van der Waals surface area contributed by atoms with Gasteiger partial charge < -0.3 is 10.1 Å². The number of carbonyl (C=O) groups excluding carboxylic acids is 1. The number of rotatable bonds is 5. The summed E-state index contributed by atoms with van der Waals surface area (Å²) in [5.74, 6) is -0.147. The van der Waals surface area contributed by atoms with E-state index >= 15 is 0 Å². The van der Waals surface area contributed by atoms with E-state index in [1.165, 1.54) is 6.20 Å². The predicted octanol–water partition coefficient (Wildman–Crippen LogP) is 2.39. The van der Waals surface area contributed by atoms with E-state index in [4.69, 9.17) is 4.74 Å². The minimum atomic E-state index is -0.357. The average Bonchev–Trinajstić information content (AvgIpc) is 2.26. The fourth-order valence-corrected chi connectivity index (χ4v) is 1.74. The van der Waals surface area contributed by atoms with Crippen molar-refractivity contribution in [1.82, 2.24) is 10.3 Å². The monoisotopic (exact) mass is 300 g/mol. The van der Waals surface area contributed by atoms with E-state index < -0.39 is 0 Å². The van der Waals surface area contributed by atoms with Gasteiger partial charge in [-0.25, -0.2) is 0 Å². The highest BCUT2D eigenvalue weighted by Gasteiger charge is 2.19. The SMILES string of the molecule is CCOC(C)(C)CNC(=O)c1cncc(Br)c1. The first-order valence-electron chi connectivity index (χ1n) is 5.47. The highest BCUT2D eigenvalue weighted by Crippen LogP contribution is 2.10. The first-order valence-corrected chi connectivity index (χ1v) is 6.26. The molecule has 4 nitrogen and oxygen atoms in total. The van der Waals surface area contributed by atoms with Crippen LogP contribution in [-0.4, -0.2) is 29.6 Å². The van der Waals surface area contributed by atoms with Crippen molar-refractivity contribution < 1.29 is 9.53 Å². The molecule has 0 aliphatic heterocycles. The lowest BCUT2D eigenvalue weighted by atomic mass is 10.1. The third-order valence-electron chi connectivity index (χ3n) is 2.18. The molecule has 1 aromatic rings. The molecule has 17 heavy (non-hydrogen) atoms. The van der Waals surface area contributed by atoms with Gasteiger partial charge >= 0.3 is 0 Å². The summed E-state index contributed by atoms with van der Waals surface area (Å²) in [5, 5.41) is 2.83. The van der Waals surface area contributed by atoms with Crippen molar-refractivity contribution in [3.63, 3.8) is 0 Å². The summed E-state index contributed by atoms with van der Waals surface area (Å²) in [6.07, 6.45) is 3.18. The van der Waals surface area contributed by atoms with Crippen molar-refractivity contribution in [1.29, 1.82) is 0 Å². The molecule has 0 spiro atoms. The minimum absolute atomic E-state index is 0.147. The Balaban J connectivity index is 2.56. The summed E-state index contributed by atoms with van der Waals surface area (Å²) in [4.78, 5) is 15.8. The van der Waals surface area contributed by atoms with Gasteiger partial charge in [-0.1, -0.05) is 0 Å². The van der Waals surface area contributed by atoms with Crippen LogP contribution in [0.1, 0.15) is 31.1 Å². The van der Waals surface area contributed by atoms with Crippen LogP contribution in [0.15, 0.2) is 22.9 Å². The number of amides is 1. The maximum atomic E-state index is 11.8. The molecular formula is C12H17BrN2O2. The molecule has 0 bridgehead atoms. The normalized spacial score (nSPS) is 11.3. The van der Waals surface area contributed by atoms with Crippen LogP contribution in [0.2, 0.25) is 0 Å². The van der Waals surface area contributed by atoms with Crippen LogP contribution >= 0.6 is 15.9 Å². The first kappa shape index (κ1) is 14.1. The van der Waals surface area contributed by atoms with Crippen LogP contribution in [-0.2, 0) is 4.74 Å². The molecule has 0 fully saturated rings. The lowest BCUT2D eigenvalue weighted by molar-refractivity contribution is -0.00815. The van der Waals surface area contributed by atoms with Crippen molar-refractivity contribution in [3.8, 4) is 0 Å². The van der Waals surface area contributed by atoms with Gasteiger partial charge in [0.15, 0.2) is 0 Å². The Morgan fingerprint density at radius 2 is 2.24 bits per heavy atom. The average molecular weight is 301 g/mol. The van der Waals surface area contributed by atoms with Gasteiger partial charge in [0.1, 0.15) is 0 Å². The number of hydrogen-bond donors (Lipinski definition) is 1. The second-order valence-electron chi connectivity index (χ2n) is 4.27. The molecule has 0 radical (unpaired) electrons. The third-order valence-corrected chi connectivity index (χ3v) is 2.61. The van der Waals surface area contributed by atoms with E-state index in [-0.39, 0.29) is 11.5 Å². The Hall–Kier alpha value is -0.940. The standard InChI is InChI=1S/C12H17BrN2O2/c1-4-17-12(2,3)8-15-11(16)9-5-10(13)7-14-6-9/h5-7H,4,8H2,1-3H3,(H,15,16). The van der Waals surface area contributed by atoms with E-state index in [1.807, 2.05) is 20.8 Å². The van der Waals surface area contributed by atoms with Crippen LogP contribution in [0, 0.1) is 0 Å². The molecule has 1 N–H and O–H groups in total. The van der Waals surface area contributed by atoms with Gasteiger partial charge in [-0.3, -0.25) is 9.78 Å². The summed E-state index contributed by atoms with van der Waals surface area (Å²) in [7, 11) is 0. The molecule has 0 atom stereocenters. The molecule has 5 heteroatoms. The van der Waals surface area contributed by atoms with Crippen LogP contribution < -0.4 is 5.32 Å². The highest BCUT2D eigenvalue weighted by molar-refractivity contribution is 9.10. The molecule has 0 aromatic carbocycles. The summed E-state index contributed by atoms with van der Waals surface area (Å²) in [6.45, 7) is 6.90. The molecule has 0 saturated carbocycles. The Kier molecular flexibility index (Phi) is 5.08. The van der Waals surface area contributed by atoms with Crippen molar-refractivity contribution in [2.24, 2.45) is 0 Å². The molecule has 0 unspecified atom stereocenters. The molecular weight excluding hydrogens is 284 g/mol. The number of pyridine rings is 1. The molecule has 0 aliphatic rings. The van der Waals surface area contributed by atoms with E-state index in [1.54, 1.807) is 12.3 Å². The first-order chi connectivity index (χ1) is 7.94. The van der Waals surface area contributed by atoms with Crippen LogP contribution in [0.3, 0.4) is 0 Å². The fraction of sp³-hybridized carbons (Fsp3) is 0.500. The van der Waals surface area contributed by atoms with Gasteiger partial charge in [0.05, 0.1) is 11.2 Å². The molecule has 1 aromatic heterocycles. The predicted molar refractivity (Wildman–Crippen MR) is 70.0 cm³/mol. The van der Waals surface area contributed by atoms with E-state index in [9.17, 15) is 4.79 Å². The van der Waals surface area contributed by atoms with Crippen LogP contribution in [0.5, 0.6) is 0 Å². The molecule has 0 aliphatic carbocycles. The number of halogens is 1. The molecule has 0 saturated heterocycles. The van der Waals surface area contributed by atoms with Crippen LogP contribution in [0.25, 0.3) is 0 Å². The minimum Gasteiger partial charge on any atom is -0.374 e. The zero-order valence-corrected chi connectivity index (χ0v) is 11.9. The number of nitrogens with zero attached hydrogens (tertiary/aromatic N) is 1. The number of nitrogens with one attached hydrogen (secondary N) is 1. The lowest BCUT2D eigenvalue weighted by Crippen LogP contribution is -2.40. The van der Waals surface area contributed by atoms with Gasteiger partial charge in [0.25, 0.3) is 5.91 Å². The van der Waals surface area contributed by atoms with Gasteiger partial charge in [-0.2, -0.15) is 0 Å². The second kappa shape index (κ2) is 6.12. The third kappa shape index (κ3) is 4.83. The molecule has 1 amide bonds. The zero-order valence-electron chi connectivity index (χ0n) is 10.3. The number of hydrogen-bond acceptors (Lipinski definition) is 3. The maximum absolute atomic E-state index is 11.8.